The first kappa shape index (κ1) is 9.75. The standard InChI is InChI=1S/C12H18O2/c1-7-5-6-9-11(14-8(2)13)10(7)12(9,3)4/h9-11H,1,5-6H2,2-4H3. The highest BCUT2D eigenvalue weighted by atomic mass is 16.5. The van der Waals surface area contributed by atoms with Crippen LogP contribution in [0.4, 0.5) is 0 Å². The number of hydrogen-bond acceptors (Lipinski definition) is 2. The lowest BCUT2D eigenvalue weighted by Crippen LogP contribution is -2.62. The number of hydrogen-bond donors (Lipinski definition) is 0. The molecule has 2 bridgehead atoms. The zero-order valence-corrected chi connectivity index (χ0v) is 9.17. The van der Waals surface area contributed by atoms with Crippen LogP contribution in [-0.4, -0.2) is 12.1 Å². The van der Waals surface area contributed by atoms with Crippen LogP contribution in [0, 0.1) is 17.3 Å². The lowest BCUT2D eigenvalue weighted by Gasteiger charge is -2.61. The van der Waals surface area contributed by atoms with Gasteiger partial charge in [0, 0.05) is 18.8 Å². The van der Waals surface area contributed by atoms with Gasteiger partial charge in [-0.1, -0.05) is 26.0 Å². The second-order valence-electron chi connectivity index (χ2n) is 5.18. The van der Waals surface area contributed by atoms with Crippen LogP contribution in [0.15, 0.2) is 12.2 Å². The molecule has 0 N–H and O–H groups in total. The minimum absolute atomic E-state index is 0.115. The highest BCUT2D eigenvalue weighted by Crippen LogP contribution is 2.61. The smallest absolute Gasteiger partial charge is 0.302 e. The number of ether oxygens (including phenoxy) is 1. The van der Waals surface area contributed by atoms with Crippen molar-refractivity contribution < 1.29 is 9.53 Å². The minimum Gasteiger partial charge on any atom is -0.462 e. The van der Waals surface area contributed by atoms with E-state index in [0.29, 0.717) is 11.8 Å². The summed E-state index contributed by atoms with van der Waals surface area (Å²) in [6.45, 7) is 10.1. The van der Waals surface area contributed by atoms with E-state index in [2.05, 4.69) is 20.4 Å². The summed E-state index contributed by atoms with van der Waals surface area (Å²) in [5, 5.41) is 0. The molecule has 3 saturated carbocycles. The Morgan fingerprint density at radius 1 is 1.57 bits per heavy atom. The molecule has 0 radical (unpaired) electrons. The van der Waals surface area contributed by atoms with E-state index < -0.39 is 0 Å². The molecular formula is C12H18O2. The average Bonchev–Trinajstić information content (AvgIpc) is 2.01. The number of fused-ring (bicyclic) bond motifs is 2. The van der Waals surface area contributed by atoms with Crippen molar-refractivity contribution in [3.63, 3.8) is 0 Å². The predicted octanol–water partition coefficient (Wildman–Crippen LogP) is 2.54. The van der Waals surface area contributed by atoms with Crippen LogP contribution in [0.2, 0.25) is 0 Å². The molecule has 0 aromatic rings. The van der Waals surface area contributed by atoms with Crippen molar-refractivity contribution in [3.8, 4) is 0 Å². The quantitative estimate of drug-likeness (QED) is 0.473. The molecule has 0 heterocycles. The van der Waals surface area contributed by atoms with Gasteiger partial charge in [-0.3, -0.25) is 4.79 Å². The SMILES string of the molecule is C=C1CCC2C(OC(C)=O)C1C2(C)C. The maximum absolute atomic E-state index is 10.9. The highest BCUT2D eigenvalue weighted by molar-refractivity contribution is 5.66. The van der Waals surface area contributed by atoms with Crippen LogP contribution >= 0.6 is 0 Å². The van der Waals surface area contributed by atoms with Crippen LogP contribution in [0.25, 0.3) is 0 Å². The van der Waals surface area contributed by atoms with Crippen LogP contribution in [0.5, 0.6) is 0 Å². The van der Waals surface area contributed by atoms with E-state index in [1.807, 2.05) is 0 Å². The molecule has 3 rings (SSSR count). The normalized spacial score (nSPS) is 38.8. The summed E-state index contributed by atoms with van der Waals surface area (Å²) < 4.78 is 5.36. The van der Waals surface area contributed by atoms with Crippen molar-refractivity contribution in [1.29, 1.82) is 0 Å². The summed E-state index contributed by atoms with van der Waals surface area (Å²) in [6, 6.07) is 0. The summed E-state index contributed by atoms with van der Waals surface area (Å²) in [7, 11) is 0. The molecule has 0 amide bonds. The fraction of sp³-hybridized carbons (Fsp3) is 0.750. The van der Waals surface area contributed by atoms with E-state index in [1.165, 1.54) is 12.5 Å². The molecule has 0 aromatic heterocycles. The number of esters is 1. The first-order chi connectivity index (χ1) is 6.44. The minimum atomic E-state index is -0.157. The number of rotatable bonds is 1. The Labute approximate surface area is 85.3 Å². The molecule has 3 aliphatic rings. The molecule has 3 fully saturated rings. The van der Waals surface area contributed by atoms with E-state index in [4.69, 9.17) is 4.74 Å². The molecule has 2 nitrogen and oxygen atoms in total. The van der Waals surface area contributed by atoms with Crippen molar-refractivity contribution in [1.82, 2.24) is 0 Å². The van der Waals surface area contributed by atoms with Gasteiger partial charge in [0.1, 0.15) is 6.10 Å². The third-order valence-corrected chi connectivity index (χ3v) is 4.00. The molecule has 0 spiro atoms. The lowest BCUT2D eigenvalue weighted by atomic mass is 9.45. The van der Waals surface area contributed by atoms with Crippen molar-refractivity contribution in [2.24, 2.45) is 17.3 Å². The van der Waals surface area contributed by atoms with E-state index in [1.54, 1.807) is 0 Å². The fourth-order valence-electron chi connectivity index (χ4n) is 3.32. The monoisotopic (exact) mass is 194 g/mol. The van der Waals surface area contributed by atoms with Gasteiger partial charge in [-0.05, 0) is 18.3 Å². The Balaban J connectivity index is 2.17. The molecule has 3 unspecified atom stereocenters. The highest BCUT2D eigenvalue weighted by Gasteiger charge is 2.61. The molecular weight excluding hydrogens is 176 g/mol. The van der Waals surface area contributed by atoms with Gasteiger partial charge < -0.3 is 4.74 Å². The second-order valence-corrected chi connectivity index (χ2v) is 5.18. The van der Waals surface area contributed by atoms with Gasteiger partial charge >= 0.3 is 5.97 Å². The van der Waals surface area contributed by atoms with Crippen molar-refractivity contribution in [3.05, 3.63) is 12.2 Å². The van der Waals surface area contributed by atoms with Gasteiger partial charge in [0.25, 0.3) is 0 Å². The first-order valence-corrected chi connectivity index (χ1v) is 5.29. The Morgan fingerprint density at radius 2 is 2.21 bits per heavy atom. The predicted molar refractivity (Wildman–Crippen MR) is 54.7 cm³/mol. The Kier molecular flexibility index (Phi) is 1.98. The molecule has 0 aliphatic heterocycles. The third-order valence-electron chi connectivity index (χ3n) is 4.00. The Bertz CT molecular complexity index is 291. The summed E-state index contributed by atoms with van der Waals surface area (Å²) in [5.74, 6) is 0.780. The van der Waals surface area contributed by atoms with Crippen LogP contribution < -0.4 is 0 Å². The molecule has 3 aliphatic carbocycles. The van der Waals surface area contributed by atoms with Crippen molar-refractivity contribution >= 4 is 5.97 Å². The number of carbonyl (C=O) groups is 1. The van der Waals surface area contributed by atoms with E-state index in [-0.39, 0.29) is 17.5 Å². The van der Waals surface area contributed by atoms with Crippen molar-refractivity contribution in [2.45, 2.75) is 39.7 Å². The lowest BCUT2D eigenvalue weighted by molar-refractivity contribution is -0.196. The van der Waals surface area contributed by atoms with Crippen LogP contribution in [0.1, 0.15) is 33.6 Å². The summed E-state index contributed by atoms with van der Waals surface area (Å²) >= 11 is 0. The third kappa shape index (κ3) is 1.13. The van der Waals surface area contributed by atoms with E-state index in [9.17, 15) is 4.79 Å². The van der Waals surface area contributed by atoms with E-state index >= 15 is 0 Å². The zero-order valence-electron chi connectivity index (χ0n) is 9.17. The maximum atomic E-state index is 10.9. The fourth-order valence-corrected chi connectivity index (χ4v) is 3.32. The summed E-state index contributed by atoms with van der Waals surface area (Å²) in [4.78, 5) is 10.9. The molecule has 78 valence electrons. The molecule has 14 heavy (non-hydrogen) atoms. The Hall–Kier alpha value is -0.790. The average molecular weight is 194 g/mol. The van der Waals surface area contributed by atoms with E-state index in [0.717, 1.165) is 12.8 Å². The van der Waals surface area contributed by atoms with Crippen molar-refractivity contribution in [2.75, 3.05) is 0 Å². The van der Waals surface area contributed by atoms with Gasteiger partial charge in [0.15, 0.2) is 0 Å². The maximum Gasteiger partial charge on any atom is 0.302 e. The molecule has 2 heteroatoms. The van der Waals surface area contributed by atoms with Gasteiger partial charge in [-0.15, -0.1) is 0 Å². The summed E-state index contributed by atoms with van der Waals surface area (Å²) in [6.07, 6.45) is 2.35. The first-order valence-electron chi connectivity index (χ1n) is 5.29. The van der Waals surface area contributed by atoms with Crippen LogP contribution in [0.3, 0.4) is 0 Å². The molecule has 0 aromatic carbocycles. The zero-order chi connectivity index (χ0) is 10.5. The van der Waals surface area contributed by atoms with Crippen LogP contribution in [-0.2, 0) is 9.53 Å². The number of carbonyl (C=O) groups excluding carboxylic acids is 1. The van der Waals surface area contributed by atoms with Gasteiger partial charge in [-0.2, -0.15) is 0 Å². The molecule has 0 saturated heterocycles. The van der Waals surface area contributed by atoms with Gasteiger partial charge in [0.2, 0.25) is 0 Å². The van der Waals surface area contributed by atoms with Gasteiger partial charge in [0.05, 0.1) is 0 Å². The molecule has 3 atom stereocenters. The summed E-state index contributed by atoms with van der Waals surface area (Å²) in [5.41, 5.74) is 1.55. The Morgan fingerprint density at radius 3 is 2.64 bits per heavy atom. The second kappa shape index (κ2) is 2.85. The largest absolute Gasteiger partial charge is 0.462 e. The topological polar surface area (TPSA) is 26.3 Å². The van der Waals surface area contributed by atoms with Gasteiger partial charge in [-0.25, -0.2) is 0 Å².